The molecule has 6 rings (SSSR count). The first-order chi connectivity index (χ1) is 20.1. The summed E-state index contributed by atoms with van der Waals surface area (Å²) in [6.45, 7) is 3.03. The molecule has 2 heterocycles. The molecule has 2 aliphatic rings. The van der Waals surface area contributed by atoms with E-state index in [1.54, 1.807) is 12.3 Å². The number of nitrogens with zero attached hydrogens (tertiary/aromatic N) is 2. The Morgan fingerprint density at radius 3 is 2.44 bits per heavy atom. The van der Waals surface area contributed by atoms with Crippen LogP contribution >= 0.6 is 23.4 Å². The second kappa shape index (κ2) is 12.5. The summed E-state index contributed by atoms with van der Waals surface area (Å²) >= 11 is 8.13. The van der Waals surface area contributed by atoms with Gasteiger partial charge in [-0.15, -0.1) is 0 Å². The molecule has 210 valence electrons. The molecule has 3 aromatic carbocycles. The topological polar surface area (TPSA) is 83.9 Å². The van der Waals surface area contributed by atoms with Gasteiger partial charge in [-0.3, -0.25) is 0 Å². The number of halogens is 1. The first-order valence-electron chi connectivity index (χ1n) is 13.6. The van der Waals surface area contributed by atoms with E-state index < -0.39 is 6.09 Å². The first-order valence-corrected chi connectivity index (χ1v) is 14.8. The summed E-state index contributed by atoms with van der Waals surface area (Å²) in [6.07, 6.45) is 1.19. The number of ether oxygens (including phenoxy) is 2. The van der Waals surface area contributed by atoms with Crippen molar-refractivity contribution in [1.29, 1.82) is 0 Å². The largest absolute Gasteiger partial charge is 0.449 e. The van der Waals surface area contributed by atoms with Crippen molar-refractivity contribution in [1.82, 2.24) is 10.3 Å². The minimum Gasteiger partial charge on any atom is -0.449 e. The zero-order valence-electron chi connectivity index (χ0n) is 22.4. The molecule has 7 nitrogen and oxygen atoms in total. The van der Waals surface area contributed by atoms with Crippen molar-refractivity contribution < 1.29 is 19.4 Å². The lowest BCUT2D eigenvalue weighted by Gasteiger charge is -2.31. The highest BCUT2D eigenvalue weighted by atomic mass is 35.5. The van der Waals surface area contributed by atoms with Crippen LogP contribution in [0.25, 0.3) is 11.1 Å². The molecule has 1 fully saturated rings. The number of amides is 1. The number of carbonyl (C=O) groups is 1. The summed E-state index contributed by atoms with van der Waals surface area (Å²) in [5.41, 5.74) is 7.25. The number of fused-ring (bicyclic) bond motifs is 3. The SMILES string of the molecule is O=C(NCc1c(N2CCOCC2)ccc(Cl)c1Sc1ncccc1CO)OCC1c2ccccc2-c2ccccc21. The molecule has 0 saturated carbocycles. The zero-order valence-corrected chi connectivity index (χ0v) is 24.0. The highest BCUT2D eigenvalue weighted by Gasteiger charge is 2.29. The Hall–Kier alpha value is -3.56. The van der Waals surface area contributed by atoms with Crippen LogP contribution in [0.15, 0.2) is 88.9 Å². The molecule has 0 radical (unpaired) electrons. The van der Waals surface area contributed by atoms with Crippen molar-refractivity contribution in [3.63, 3.8) is 0 Å². The van der Waals surface area contributed by atoms with Gasteiger partial charge in [-0.25, -0.2) is 9.78 Å². The van der Waals surface area contributed by atoms with E-state index >= 15 is 0 Å². The lowest BCUT2D eigenvalue weighted by molar-refractivity contribution is 0.122. The van der Waals surface area contributed by atoms with E-state index in [0.29, 0.717) is 28.8 Å². The fourth-order valence-electron chi connectivity index (χ4n) is 5.51. The van der Waals surface area contributed by atoms with Gasteiger partial charge in [-0.2, -0.15) is 0 Å². The number of rotatable bonds is 8. The average molecular weight is 588 g/mol. The Bertz CT molecular complexity index is 1510. The number of morpholine rings is 1. The van der Waals surface area contributed by atoms with E-state index in [2.05, 4.69) is 39.5 Å². The molecule has 0 atom stereocenters. The summed E-state index contributed by atoms with van der Waals surface area (Å²) in [6, 6.07) is 24.0. The summed E-state index contributed by atoms with van der Waals surface area (Å²) in [7, 11) is 0. The number of pyridine rings is 1. The maximum Gasteiger partial charge on any atom is 0.407 e. The number of carbonyl (C=O) groups excluding carboxylic acids is 1. The van der Waals surface area contributed by atoms with E-state index in [9.17, 15) is 9.90 Å². The predicted molar refractivity (Wildman–Crippen MR) is 161 cm³/mol. The molecular weight excluding hydrogens is 558 g/mol. The third-order valence-corrected chi connectivity index (χ3v) is 9.17. The van der Waals surface area contributed by atoms with Crippen LogP contribution < -0.4 is 10.2 Å². The molecule has 4 aromatic rings. The number of hydrogen-bond donors (Lipinski definition) is 2. The van der Waals surface area contributed by atoms with Crippen LogP contribution in [0, 0.1) is 0 Å². The fraction of sp³-hybridized carbons (Fsp3) is 0.250. The highest BCUT2D eigenvalue weighted by molar-refractivity contribution is 7.99. The van der Waals surface area contributed by atoms with Crippen LogP contribution in [-0.4, -0.2) is 49.1 Å². The molecule has 0 spiro atoms. The van der Waals surface area contributed by atoms with Gasteiger partial charge in [0.05, 0.1) is 24.8 Å². The maximum absolute atomic E-state index is 13.1. The number of aliphatic hydroxyl groups excluding tert-OH is 1. The fourth-order valence-corrected chi connectivity index (χ4v) is 6.84. The third-order valence-electron chi connectivity index (χ3n) is 7.51. The number of aliphatic hydroxyl groups is 1. The van der Waals surface area contributed by atoms with Crippen molar-refractivity contribution in [2.24, 2.45) is 0 Å². The summed E-state index contributed by atoms with van der Waals surface area (Å²) in [5.74, 6) is -0.0181. The monoisotopic (exact) mass is 587 g/mol. The van der Waals surface area contributed by atoms with Gasteiger partial charge in [0.1, 0.15) is 11.6 Å². The van der Waals surface area contributed by atoms with Gasteiger partial charge in [0.25, 0.3) is 0 Å². The summed E-state index contributed by atoms with van der Waals surface area (Å²) < 4.78 is 11.4. The number of benzene rings is 3. The number of aromatic nitrogens is 1. The van der Waals surface area contributed by atoms with Gasteiger partial charge >= 0.3 is 6.09 Å². The van der Waals surface area contributed by atoms with Crippen molar-refractivity contribution >= 4 is 35.1 Å². The standard InChI is InChI=1S/C32H30ClN3O4S/c33-28-11-12-29(36-14-16-39-17-15-36)26(30(28)41-31-21(19-37)6-5-13-34-31)18-35-32(38)40-20-27-24-9-3-1-7-22(24)23-8-2-4-10-25(23)27/h1-13,27,37H,14-20H2,(H,35,38). The van der Waals surface area contributed by atoms with Gasteiger partial charge < -0.3 is 24.8 Å². The van der Waals surface area contributed by atoms with Gasteiger partial charge in [0, 0.05) is 53.5 Å². The quantitative estimate of drug-likeness (QED) is 0.252. The molecule has 1 aromatic heterocycles. The van der Waals surface area contributed by atoms with E-state index in [0.717, 1.165) is 29.2 Å². The van der Waals surface area contributed by atoms with Crippen molar-refractivity contribution in [2.45, 2.75) is 29.0 Å². The number of hydrogen-bond acceptors (Lipinski definition) is 7. The molecule has 9 heteroatoms. The van der Waals surface area contributed by atoms with Crippen LogP contribution in [0.5, 0.6) is 0 Å². The average Bonchev–Trinajstić information content (AvgIpc) is 3.34. The molecule has 0 bridgehead atoms. The predicted octanol–water partition coefficient (Wildman–Crippen LogP) is 6.25. The Morgan fingerprint density at radius 2 is 1.73 bits per heavy atom. The van der Waals surface area contributed by atoms with Crippen LogP contribution in [0.3, 0.4) is 0 Å². The maximum atomic E-state index is 13.1. The molecule has 0 unspecified atom stereocenters. The van der Waals surface area contributed by atoms with Crippen molar-refractivity contribution in [3.05, 3.63) is 106 Å². The smallest absolute Gasteiger partial charge is 0.407 e. The van der Waals surface area contributed by atoms with Gasteiger partial charge in [0.2, 0.25) is 0 Å². The van der Waals surface area contributed by atoms with Gasteiger partial charge in [-0.1, -0.05) is 78.0 Å². The second-order valence-corrected chi connectivity index (χ2v) is 11.3. The molecule has 1 saturated heterocycles. The third kappa shape index (κ3) is 5.78. The minimum absolute atomic E-state index is 0.0181. The molecule has 2 N–H and O–H groups in total. The normalized spacial score (nSPS) is 14.4. The Morgan fingerprint density at radius 1 is 1.02 bits per heavy atom. The number of anilines is 1. The number of nitrogens with one attached hydrogen (secondary N) is 1. The second-order valence-electron chi connectivity index (χ2n) is 9.88. The molecular formula is C32H30ClN3O4S. The van der Waals surface area contributed by atoms with E-state index in [4.69, 9.17) is 21.1 Å². The van der Waals surface area contributed by atoms with Crippen LogP contribution in [0.1, 0.15) is 28.2 Å². The van der Waals surface area contributed by atoms with E-state index in [1.807, 2.05) is 42.5 Å². The van der Waals surface area contributed by atoms with Crippen LogP contribution in [0.2, 0.25) is 5.02 Å². The molecule has 1 aliphatic heterocycles. The summed E-state index contributed by atoms with van der Waals surface area (Å²) in [4.78, 5) is 20.6. The van der Waals surface area contributed by atoms with Gasteiger partial charge in [-0.05, 0) is 40.5 Å². The Balaban J connectivity index is 1.22. The lowest BCUT2D eigenvalue weighted by atomic mass is 9.98. The Kier molecular flexibility index (Phi) is 8.43. The highest BCUT2D eigenvalue weighted by Crippen LogP contribution is 2.45. The van der Waals surface area contributed by atoms with Crippen molar-refractivity contribution in [2.75, 3.05) is 37.8 Å². The number of alkyl carbamates (subject to hydrolysis) is 1. The van der Waals surface area contributed by atoms with E-state index in [1.165, 1.54) is 34.0 Å². The van der Waals surface area contributed by atoms with Crippen LogP contribution in [0.4, 0.5) is 10.5 Å². The molecule has 1 amide bonds. The van der Waals surface area contributed by atoms with Gasteiger partial charge in [0.15, 0.2) is 0 Å². The molecule has 41 heavy (non-hydrogen) atoms. The summed E-state index contributed by atoms with van der Waals surface area (Å²) in [5, 5.41) is 14.0. The zero-order chi connectivity index (χ0) is 28.2. The lowest BCUT2D eigenvalue weighted by Crippen LogP contribution is -2.37. The minimum atomic E-state index is -0.496. The van der Waals surface area contributed by atoms with Crippen LogP contribution in [-0.2, 0) is 22.6 Å². The Labute approximate surface area is 248 Å². The van der Waals surface area contributed by atoms with E-state index in [-0.39, 0.29) is 25.7 Å². The first kappa shape index (κ1) is 27.6. The molecule has 1 aliphatic carbocycles. The van der Waals surface area contributed by atoms with Crippen molar-refractivity contribution in [3.8, 4) is 11.1 Å².